The predicted molar refractivity (Wildman–Crippen MR) is 33.6 cm³/mol. The maximum atomic E-state index is 9.91. The number of nitrogens with one attached hydrogen (secondary N) is 1. The van der Waals surface area contributed by atoms with Crippen LogP contribution in [-0.4, -0.2) is 37.2 Å². The summed E-state index contributed by atoms with van der Waals surface area (Å²) in [4.78, 5) is 9.91. The lowest BCUT2D eigenvalue weighted by Gasteiger charge is -2.05. The van der Waals surface area contributed by atoms with Gasteiger partial charge in [0.25, 0.3) is 0 Å². The number of hydrazine groups is 1. The second-order valence-corrected chi connectivity index (χ2v) is 1.72. The van der Waals surface area contributed by atoms with E-state index in [0.29, 0.717) is 13.1 Å². The molecule has 0 radical (unpaired) electrons. The fourth-order valence-electron chi connectivity index (χ4n) is 0.355. The highest BCUT2D eigenvalue weighted by atomic mass is 16.7. The van der Waals surface area contributed by atoms with E-state index in [0.717, 1.165) is 5.01 Å². The lowest BCUT2D eigenvalue weighted by Crippen LogP contribution is -2.31. The van der Waals surface area contributed by atoms with Gasteiger partial charge in [-0.15, -0.1) is 5.01 Å². The Morgan fingerprint density at radius 3 is 2.67 bits per heavy atom. The van der Waals surface area contributed by atoms with Crippen LogP contribution in [-0.2, 0) is 0 Å². The van der Waals surface area contributed by atoms with Crippen molar-refractivity contribution in [3.8, 4) is 0 Å². The highest BCUT2D eigenvalue weighted by Crippen LogP contribution is 1.77. The van der Waals surface area contributed by atoms with Crippen LogP contribution in [0.4, 0.5) is 0 Å². The molecule has 0 amide bonds. The average molecular weight is 133 g/mol. The van der Waals surface area contributed by atoms with Crippen molar-refractivity contribution in [3.05, 3.63) is 10.1 Å². The number of hydrogen-bond acceptors (Lipinski definition) is 3. The summed E-state index contributed by atoms with van der Waals surface area (Å²) in [6.07, 6.45) is 0. The molecule has 0 unspecified atom stereocenters. The molecule has 1 N–H and O–H groups in total. The van der Waals surface area contributed by atoms with E-state index in [1.165, 1.54) is 7.05 Å². The molecule has 0 aliphatic heterocycles. The zero-order chi connectivity index (χ0) is 7.28. The van der Waals surface area contributed by atoms with Crippen LogP contribution in [0, 0.1) is 10.1 Å². The Morgan fingerprint density at radius 1 is 1.78 bits per heavy atom. The molecule has 0 aromatic heterocycles. The lowest BCUT2D eigenvalue weighted by atomic mass is 10.6. The normalized spacial score (nSPS) is 9.11. The first kappa shape index (κ1) is 8.16. The minimum absolute atomic E-state index is 0.433. The van der Waals surface area contributed by atoms with E-state index in [9.17, 15) is 10.1 Å². The Kier molecular flexibility index (Phi) is 3.70. The molecule has 0 rings (SSSR count). The van der Waals surface area contributed by atoms with Crippen molar-refractivity contribution >= 4 is 0 Å². The standard InChI is InChI=1S/C4H11N3O2/c1-5-3-4-6(2)7(8)9/h5H,3-4H2,1-2H3. The van der Waals surface area contributed by atoms with Gasteiger partial charge < -0.3 is 5.32 Å². The fourth-order valence-corrected chi connectivity index (χ4v) is 0.355. The number of rotatable bonds is 4. The van der Waals surface area contributed by atoms with Gasteiger partial charge in [0.1, 0.15) is 0 Å². The minimum atomic E-state index is -0.433. The van der Waals surface area contributed by atoms with Crippen LogP contribution in [0.25, 0.3) is 0 Å². The Morgan fingerprint density at radius 2 is 2.33 bits per heavy atom. The van der Waals surface area contributed by atoms with Gasteiger partial charge in [-0.3, -0.25) is 0 Å². The van der Waals surface area contributed by atoms with Gasteiger partial charge in [0.15, 0.2) is 5.03 Å². The van der Waals surface area contributed by atoms with Crippen LogP contribution in [0.3, 0.4) is 0 Å². The molecule has 0 atom stereocenters. The summed E-state index contributed by atoms with van der Waals surface area (Å²) in [7, 11) is 3.20. The summed E-state index contributed by atoms with van der Waals surface area (Å²) >= 11 is 0. The topological polar surface area (TPSA) is 58.4 Å². The molecule has 0 aliphatic carbocycles. The van der Waals surface area contributed by atoms with Gasteiger partial charge in [0.2, 0.25) is 0 Å². The zero-order valence-electron chi connectivity index (χ0n) is 5.63. The highest BCUT2D eigenvalue weighted by Gasteiger charge is 2.02. The van der Waals surface area contributed by atoms with Gasteiger partial charge in [-0.25, -0.2) is 10.1 Å². The second kappa shape index (κ2) is 4.08. The van der Waals surface area contributed by atoms with Crippen LogP contribution in [0.2, 0.25) is 0 Å². The molecule has 0 aliphatic rings. The molecule has 0 fully saturated rings. The van der Waals surface area contributed by atoms with E-state index in [-0.39, 0.29) is 0 Å². The first-order valence-electron chi connectivity index (χ1n) is 2.68. The fraction of sp³-hybridized carbons (Fsp3) is 1.00. The summed E-state index contributed by atoms with van der Waals surface area (Å²) in [5, 5.41) is 13.3. The van der Waals surface area contributed by atoms with Gasteiger partial charge in [-0.2, -0.15) is 0 Å². The molecular formula is C4H11N3O2. The summed E-state index contributed by atoms with van der Waals surface area (Å²) in [5.74, 6) is 0. The molecule has 0 aromatic rings. The predicted octanol–water partition coefficient (Wildman–Crippen LogP) is -0.671. The summed E-state index contributed by atoms with van der Waals surface area (Å²) < 4.78 is 0. The molecule has 0 aromatic carbocycles. The van der Waals surface area contributed by atoms with Crippen molar-refractivity contribution in [1.82, 2.24) is 10.3 Å². The summed E-state index contributed by atoms with van der Waals surface area (Å²) in [6.45, 7) is 1.07. The van der Waals surface area contributed by atoms with E-state index in [2.05, 4.69) is 5.32 Å². The van der Waals surface area contributed by atoms with Crippen molar-refractivity contribution in [2.24, 2.45) is 0 Å². The molecule has 0 heterocycles. The van der Waals surface area contributed by atoms with Crippen LogP contribution in [0.15, 0.2) is 0 Å². The van der Waals surface area contributed by atoms with Gasteiger partial charge in [-0.05, 0) is 7.05 Å². The Balaban J connectivity index is 3.27. The van der Waals surface area contributed by atoms with Crippen molar-refractivity contribution in [3.63, 3.8) is 0 Å². The molecule has 54 valence electrons. The maximum Gasteiger partial charge on any atom is 0.159 e. The second-order valence-electron chi connectivity index (χ2n) is 1.72. The van der Waals surface area contributed by atoms with E-state index in [4.69, 9.17) is 0 Å². The number of likely N-dealkylation sites (N-methyl/N-ethyl adjacent to an activating group) is 2. The van der Waals surface area contributed by atoms with Gasteiger partial charge in [0, 0.05) is 6.54 Å². The van der Waals surface area contributed by atoms with Gasteiger partial charge in [0.05, 0.1) is 13.6 Å². The number of nitro groups is 1. The van der Waals surface area contributed by atoms with Crippen molar-refractivity contribution in [2.45, 2.75) is 0 Å². The monoisotopic (exact) mass is 133 g/mol. The molecule has 0 saturated carbocycles. The van der Waals surface area contributed by atoms with E-state index >= 15 is 0 Å². The smallest absolute Gasteiger partial charge is 0.159 e. The molecule has 9 heavy (non-hydrogen) atoms. The quantitative estimate of drug-likeness (QED) is 0.408. The van der Waals surface area contributed by atoms with Gasteiger partial charge in [-0.1, -0.05) is 0 Å². The summed E-state index contributed by atoms with van der Waals surface area (Å²) in [5.41, 5.74) is 0. The van der Waals surface area contributed by atoms with Crippen LogP contribution < -0.4 is 5.32 Å². The van der Waals surface area contributed by atoms with E-state index in [1.807, 2.05) is 0 Å². The molecule has 5 nitrogen and oxygen atoms in total. The van der Waals surface area contributed by atoms with Crippen molar-refractivity contribution < 1.29 is 5.03 Å². The van der Waals surface area contributed by atoms with Crippen LogP contribution in [0.1, 0.15) is 0 Å². The van der Waals surface area contributed by atoms with Crippen molar-refractivity contribution in [2.75, 3.05) is 27.2 Å². The lowest BCUT2D eigenvalue weighted by molar-refractivity contribution is -0.648. The van der Waals surface area contributed by atoms with Gasteiger partial charge >= 0.3 is 0 Å². The van der Waals surface area contributed by atoms with Crippen LogP contribution in [0.5, 0.6) is 0 Å². The molecule has 5 heteroatoms. The molecule has 0 spiro atoms. The number of hydrogen-bond donors (Lipinski definition) is 1. The third kappa shape index (κ3) is 3.72. The first-order valence-corrected chi connectivity index (χ1v) is 2.68. The average Bonchev–Trinajstić information content (AvgIpc) is 1.82. The summed E-state index contributed by atoms with van der Waals surface area (Å²) in [6, 6.07) is 0. The largest absolute Gasteiger partial charge is 0.318 e. The number of nitrogens with zero attached hydrogens (tertiary/aromatic N) is 2. The van der Waals surface area contributed by atoms with E-state index in [1.54, 1.807) is 7.05 Å². The first-order chi connectivity index (χ1) is 4.18. The molecular weight excluding hydrogens is 122 g/mol. The Labute approximate surface area is 53.8 Å². The third-order valence-corrected chi connectivity index (χ3v) is 0.964. The Hall–Kier alpha value is -0.840. The minimum Gasteiger partial charge on any atom is -0.318 e. The highest BCUT2D eigenvalue weighted by molar-refractivity contribution is 4.39. The molecule has 0 saturated heterocycles. The Bertz CT molecular complexity index is 95.8. The van der Waals surface area contributed by atoms with E-state index < -0.39 is 5.03 Å². The van der Waals surface area contributed by atoms with Crippen LogP contribution >= 0.6 is 0 Å². The SMILES string of the molecule is CNCCN(C)[N+](=O)[O-]. The third-order valence-electron chi connectivity index (χ3n) is 0.964. The zero-order valence-corrected chi connectivity index (χ0v) is 5.63. The maximum absolute atomic E-state index is 9.91. The van der Waals surface area contributed by atoms with Crippen molar-refractivity contribution in [1.29, 1.82) is 0 Å². The molecule has 0 bridgehead atoms.